The number of ether oxygens (including phenoxy) is 3. The van der Waals surface area contributed by atoms with Gasteiger partial charge in [-0.2, -0.15) is 13.2 Å². The summed E-state index contributed by atoms with van der Waals surface area (Å²) in [5.74, 6) is -0.0948. The number of hydrogen-bond acceptors (Lipinski definition) is 9. The number of aromatic nitrogens is 3. The molecule has 4 aromatic rings. The molecule has 262 valence electrons. The quantitative estimate of drug-likeness (QED) is 0.171. The predicted molar refractivity (Wildman–Crippen MR) is 174 cm³/mol. The highest BCUT2D eigenvalue weighted by molar-refractivity contribution is 5.99. The van der Waals surface area contributed by atoms with E-state index in [1.165, 1.54) is 23.4 Å². The van der Waals surface area contributed by atoms with E-state index in [-0.39, 0.29) is 37.0 Å². The van der Waals surface area contributed by atoms with Crippen molar-refractivity contribution in [3.05, 3.63) is 66.2 Å². The molecule has 1 aliphatic heterocycles. The van der Waals surface area contributed by atoms with Crippen LogP contribution in [0, 0.1) is 12.7 Å². The number of likely N-dealkylation sites (tertiary alicyclic amines) is 1. The SMILES string of the molecule is COC(CNc1c(F)ccc2c(Oc3ncccc3-c3ccnc(N[C@H]4C[C@H](F)CN(C(=O)OC(C)(C)C)C4)n3)c(C)ccc12)C(F)(F)F. The van der Waals surface area contributed by atoms with Gasteiger partial charge in [-0.1, -0.05) is 12.1 Å². The number of nitrogens with zero attached hydrogens (tertiary/aromatic N) is 4. The molecule has 0 radical (unpaired) electrons. The molecule has 0 saturated carbocycles. The zero-order chi connectivity index (χ0) is 35.5. The second kappa shape index (κ2) is 14.4. The number of piperidine rings is 1. The summed E-state index contributed by atoms with van der Waals surface area (Å²) in [7, 11) is 0.936. The Morgan fingerprint density at radius 1 is 1.04 bits per heavy atom. The van der Waals surface area contributed by atoms with Crippen LogP contribution >= 0.6 is 0 Å². The molecule has 2 aromatic heterocycles. The number of rotatable bonds is 9. The highest BCUT2D eigenvalue weighted by atomic mass is 19.4. The van der Waals surface area contributed by atoms with Gasteiger partial charge in [-0.15, -0.1) is 0 Å². The molecule has 3 heterocycles. The maximum absolute atomic E-state index is 15.0. The topological polar surface area (TPSA) is 111 Å². The Balaban J connectivity index is 1.40. The number of aryl methyl sites for hydroxylation is 1. The third-order valence-electron chi connectivity index (χ3n) is 7.70. The summed E-state index contributed by atoms with van der Waals surface area (Å²) in [4.78, 5) is 27.2. The molecule has 1 amide bonds. The van der Waals surface area contributed by atoms with Gasteiger partial charge in [0, 0.05) is 49.3 Å². The summed E-state index contributed by atoms with van der Waals surface area (Å²) in [6.45, 7) is 6.39. The molecule has 2 aromatic carbocycles. The molecule has 0 aliphatic carbocycles. The molecule has 2 N–H and O–H groups in total. The molecule has 3 atom stereocenters. The molecule has 10 nitrogen and oxygen atoms in total. The Bertz CT molecular complexity index is 1800. The van der Waals surface area contributed by atoms with Crippen LogP contribution in [-0.2, 0) is 9.47 Å². The fraction of sp³-hybridized carbons (Fsp3) is 0.412. The van der Waals surface area contributed by atoms with E-state index in [1.54, 1.807) is 58.0 Å². The number of benzene rings is 2. The molecule has 49 heavy (non-hydrogen) atoms. The van der Waals surface area contributed by atoms with E-state index >= 15 is 0 Å². The molecular formula is C34H37F5N6O4. The lowest BCUT2D eigenvalue weighted by Gasteiger charge is -2.36. The first-order chi connectivity index (χ1) is 23.1. The Kier molecular flexibility index (Phi) is 10.4. The highest BCUT2D eigenvalue weighted by Crippen LogP contribution is 2.40. The molecule has 1 saturated heterocycles. The van der Waals surface area contributed by atoms with Crippen molar-refractivity contribution >= 4 is 28.5 Å². The Morgan fingerprint density at radius 3 is 2.51 bits per heavy atom. The van der Waals surface area contributed by atoms with Gasteiger partial charge in [0.1, 0.15) is 23.3 Å². The molecule has 0 bridgehead atoms. The lowest BCUT2D eigenvalue weighted by Crippen LogP contribution is -2.51. The average molecular weight is 689 g/mol. The van der Waals surface area contributed by atoms with Crippen molar-refractivity contribution in [2.45, 2.75) is 64.2 Å². The van der Waals surface area contributed by atoms with E-state index in [0.29, 0.717) is 33.3 Å². The largest absolute Gasteiger partial charge is 0.444 e. The van der Waals surface area contributed by atoms with Gasteiger partial charge in [-0.25, -0.2) is 28.5 Å². The minimum Gasteiger partial charge on any atom is -0.444 e. The zero-order valence-electron chi connectivity index (χ0n) is 27.6. The van der Waals surface area contributed by atoms with Crippen molar-refractivity contribution in [1.29, 1.82) is 0 Å². The zero-order valence-corrected chi connectivity index (χ0v) is 27.6. The number of carbonyl (C=O) groups excluding carboxylic acids is 1. The lowest BCUT2D eigenvalue weighted by molar-refractivity contribution is -0.207. The summed E-state index contributed by atoms with van der Waals surface area (Å²) in [6.07, 6.45) is -5.51. The second-order valence-electron chi connectivity index (χ2n) is 12.7. The average Bonchev–Trinajstić information content (AvgIpc) is 3.02. The van der Waals surface area contributed by atoms with E-state index < -0.39 is 48.6 Å². The maximum atomic E-state index is 15.0. The van der Waals surface area contributed by atoms with Gasteiger partial charge in [0.2, 0.25) is 11.8 Å². The van der Waals surface area contributed by atoms with E-state index in [4.69, 9.17) is 9.47 Å². The van der Waals surface area contributed by atoms with Crippen molar-refractivity contribution in [1.82, 2.24) is 19.9 Å². The van der Waals surface area contributed by atoms with Crippen molar-refractivity contribution in [3.63, 3.8) is 0 Å². The number of nitrogens with one attached hydrogen (secondary N) is 2. The van der Waals surface area contributed by atoms with Crippen LogP contribution in [0.25, 0.3) is 22.0 Å². The van der Waals surface area contributed by atoms with Crippen LogP contribution in [-0.4, -0.2) is 82.8 Å². The Labute approximate surface area is 280 Å². The van der Waals surface area contributed by atoms with Gasteiger partial charge in [0.15, 0.2) is 6.10 Å². The third-order valence-corrected chi connectivity index (χ3v) is 7.70. The van der Waals surface area contributed by atoms with Gasteiger partial charge >= 0.3 is 12.3 Å². The van der Waals surface area contributed by atoms with Crippen molar-refractivity contribution in [2.75, 3.05) is 37.4 Å². The molecule has 0 spiro atoms. The monoisotopic (exact) mass is 688 g/mol. The predicted octanol–water partition coefficient (Wildman–Crippen LogP) is 7.68. The first kappa shape index (κ1) is 35.5. The molecule has 5 rings (SSSR count). The van der Waals surface area contributed by atoms with Gasteiger partial charge < -0.3 is 29.7 Å². The van der Waals surface area contributed by atoms with Crippen LogP contribution < -0.4 is 15.4 Å². The van der Waals surface area contributed by atoms with E-state index in [0.717, 1.165) is 13.2 Å². The minimum atomic E-state index is -4.65. The lowest BCUT2D eigenvalue weighted by atomic mass is 10.0. The Morgan fingerprint density at radius 2 is 1.80 bits per heavy atom. The summed E-state index contributed by atoms with van der Waals surface area (Å²) >= 11 is 0. The fourth-order valence-corrected chi connectivity index (χ4v) is 5.45. The number of anilines is 2. The highest BCUT2D eigenvalue weighted by Gasteiger charge is 2.40. The smallest absolute Gasteiger partial charge is 0.416 e. The number of amides is 1. The Hall–Kier alpha value is -4.79. The van der Waals surface area contributed by atoms with E-state index in [2.05, 4.69) is 30.3 Å². The molecule has 15 heteroatoms. The van der Waals surface area contributed by atoms with E-state index in [9.17, 15) is 26.7 Å². The van der Waals surface area contributed by atoms with Crippen LogP contribution in [0.15, 0.2) is 54.9 Å². The second-order valence-corrected chi connectivity index (χ2v) is 12.7. The van der Waals surface area contributed by atoms with Crippen LogP contribution in [0.3, 0.4) is 0 Å². The molecule has 1 aliphatic rings. The number of alkyl halides is 4. The summed E-state index contributed by atoms with van der Waals surface area (Å²) in [5.41, 5.74) is 0.685. The first-order valence-electron chi connectivity index (χ1n) is 15.5. The first-order valence-corrected chi connectivity index (χ1v) is 15.5. The standard InChI is InChI=1S/C34H37F5N6O4/c1-19-8-9-22-23(10-11-25(36)28(22)42-16-27(47-5)34(37,38)39)29(19)48-30-24(7-6-13-40-30)26-12-14-41-31(44-26)43-21-15-20(35)17-45(18-21)32(46)49-33(2,3)4/h6-14,20-21,27,42H,15-18H2,1-5H3,(H,41,43,44)/t20-,21-,27?/m0/s1. The van der Waals surface area contributed by atoms with Crippen molar-refractivity contribution in [3.8, 4) is 22.9 Å². The van der Waals surface area contributed by atoms with Gasteiger partial charge in [-0.3, -0.25) is 0 Å². The number of fused-ring (bicyclic) bond motifs is 1. The van der Waals surface area contributed by atoms with Crippen molar-refractivity contribution in [2.24, 2.45) is 0 Å². The van der Waals surface area contributed by atoms with E-state index in [1.807, 2.05) is 0 Å². The third kappa shape index (κ3) is 8.63. The van der Waals surface area contributed by atoms with Crippen LogP contribution in [0.2, 0.25) is 0 Å². The number of methoxy groups -OCH3 is 1. The number of halogens is 5. The normalized spacial score (nSPS) is 17.5. The van der Waals surface area contributed by atoms with Crippen LogP contribution in [0.4, 0.5) is 38.4 Å². The number of hydrogen-bond donors (Lipinski definition) is 2. The summed E-state index contributed by atoms with van der Waals surface area (Å²) < 4.78 is 85.8. The molecule has 1 fully saturated rings. The maximum Gasteiger partial charge on any atom is 0.416 e. The van der Waals surface area contributed by atoms with Crippen molar-refractivity contribution < 1.29 is 41.0 Å². The number of pyridine rings is 1. The van der Waals surface area contributed by atoms with Crippen LogP contribution in [0.1, 0.15) is 32.8 Å². The molecular weight excluding hydrogens is 651 g/mol. The van der Waals surface area contributed by atoms with Gasteiger partial charge in [0.05, 0.1) is 30.0 Å². The minimum absolute atomic E-state index is 0.0800. The number of carbonyl (C=O) groups is 1. The van der Waals surface area contributed by atoms with Gasteiger partial charge in [-0.05, 0) is 63.6 Å². The van der Waals surface area contributed by atoms with Crippen LogP contribution in [0.5, 0.6) is 11.6 Å². The fourth-order valence-electron chi connectivity index (χ4n) is 5.45. The summed E-state index contributed by atoms with van der Waals surface area (Å²) in [6, 6.07) is 10.4. The molecule has 1 unspecified atom stereocenters. The van der Waals surface area contributed by atoms with Gasteiger partial charge in [0.25, 0.3) is 0 Å². The summed E-state index contributed by atoms with van der Waals surface area (Å²) in [5, 5.41) is 6.40.